The van der Waals surface area contributed by atoms with Crippen LogP contribution in [-0.2, 0) is 4.79 Å². The fourth-order valence-corrected chi connectivity index (χ4v) is 3.50. The van der Waals surface area contributed by atoms with Gasteiger partial charge in [0.25, 0.3) is 0 Å². The molecule has 0 aliphatic carbocycles. The highest BCUT2D eigenvalue weighted by Gasteiger charge is 2.21. The fourth-order valence-electron chi connectivity index (χ4n) is 3.50. The molecule has 5 nitrogen and oxygen atoms in total. The Morgan fingerprint density at radius 1 is 1.07 bits per heavy atom. The lowest BCUT2D eigenvalue weighted by Gasteiger charge is -2.26. The highest BCUT2D eigenvalue weighted by molar-refractivity contribution is 5.95. The summed E-state index contributed by atoms with van der Waals surface area (Å²) in [5.74, 6) is 0.0953. The van der Waals surface area contributed by atoms with Crippen molar-refractivity contribution in [3.63, 3.8) is 0 Å². The van der Waals surface area contributed by atoms with Gasteiger partial charge in [0, 0.05) is 44.1 Å². The molecule has 1 heterocycles. The van der Waals surface area contributed by atoms with Crippen LogP contribution in [0.15, 0.2) is 67.3 Å². The molecule has 5 heteroatoms. The van der Waals surface area contributed by atoms with Crippen LogP contribution in [0.1, 0.15) is 12.0 Å². The van der Waals surface area contributed by atoms with Crippen molar-refractivity contribution in [2.24, 2.45) is 0 Å². The van der Waals surface area contributed by atoms with Crippen molar-refractivity contribution in [3.8, 4) is 6.07 Å². The van der Waals surface area contributed by atoms with Crippen LogP contribution in [0.4, 0.5) is 11.4 Å². The van der Waals surface area contributed by atoms with Gasteiger partial charge in [0.15, 0.2) is 0 Å². The number of hydrogen-bond acceptors (Lipinski definition) is 4. The Balaban J connectivity index is 1.61. The van der Waals surface area contributed by atoms with E-state index in [4.69, 9.17) is 5.26 Å². The minimum absolute atomic E-state index is 0.0953. The number of amides is 1. The molecule has 0 saturated carbocycles. The summed E-state index contributed by atoms with van der Waals surface area (Å²) in [6.45, 7) is 8.26. The van der Waals surface area contributed by atoms with Gasteiger partial charge in [0.2, 0.25) is 5.91 Å². The Morgan fingerprint density at radius 3 is 2.50 bits per heavy atom. The smallest absolute Gasteiger partial charge is 0.241 e. The van der Waals surface area contributed by atoms with E-state index in [1.54, 1.807) is 11.0 Å². The Morgan fingerprint density at radius 2 is 1.82 bits per heavy atom. The first-order valence-corrected chi connectivity index (χ1v) is 9.65. The number of carbonyl (C=O) groups is 1. The van der Waals surface area contributed by atoms with Crippen LogP contribution in [0.3, 0.4) is 0 Å². The maximum Gasteiger partial charge on any atom is 0.241 e. The summed E-state index contributed by atoms with van der Waals surface area (Å²) in [5, 5.41) is 8.96. The van der Waals surface area contributed by atoms with Crippen LogP contribution in [0.5, 0.6) is 0 Å². The summed E-state index contributed by atoms with van der Waals surface area (Å²) in [7, 11) is 0. The summed E-state index contributed by atoms with van der Waals surface area (Å²) in [6.07, 6.45) is 2.76. The van der Waals surface area contributed by atoms with Gasteiger partial charge in [-0.3, -0.25) is 9.69 Å². The van der Waals surface area contributed by atoms with Crippen LogP contribution in [0.25, 0.3) is 0 Å². The van der Waals surface area contributed by atoms with Gasteiger partial charge in [-0.05, 0) is 42.8 Å². The first kappa shape index (κ1) is 19.7. The van der Waals surface area contributed by atoms with Crippen molar-refractivity contribution < 1.29 is 4.79 Å². The predicted molar refractivity (Wildman–Crippen MR) is 113 cm³/mol. The number of anilines is 2. The van der Waals surface area contributed by atoms with Crippen molar-refractivity contribution >= 4 is 17.3 Å². The standard InChI is InChI=1S/C23H26N4O/c1-2-13-27(22-7-4-3-5-8-22)23(28)19-25-14-6-15-26(17-16-25)21-11-9-20(18-24)10-12-21/h2-5,7-12H,1,6,13-17,19H2. The summed E-state index contributed by atoms with van der Waals surface area (Å²) < 4.78 is 0. The number of rotatable bonds is 6. The van der Waals surface area contributed by atoms with E-state index in [1.807, 2.05) is 54.6 Å². The van der Waals surface area contributed by atoms with Crippen molar-refractivity contribution in [2.45, 2.75) is 6.42 Å². The van der Waals surface area contributed by atoms with Gasteiger partial charge in [0.05, 0.1) is 18.2 Å². The third-order valence-electron chi connectivity index (χ3n) is 4.99. The Bertz CT molecular complexity index is 826. The highest BCUT2D eigenvalue weighted by atomic mass is 16.2. The number of hydrogen-bond donors (Lipinski definition) is 0. The topological polar surface area (TPSA) is 50.6 Å². The second-order valence-corrected chi connectivity index (χ2v) is 6.90. The van der Waals surface area contributed by atoms with Crippen molar-refractivity contribution in [2.75, 3.05) is 49.1 Å². The van der Waals surface area contributed by atoms with Crippen LogP contribution >= 0.6 is 0 Å². The minimum atomic E-state index is 0.0953. The van der Waals surface area contributed by atoms with Gasteiger partial charge in [0.1, 0.15) is 0 Å². The average molecular weight is 374 g/mol. The number of nitrogens with zero attached hydrogens (tertiary/aromatic N) is 4. The maximum absolute atomic E-state index is 12.9. The van der Waals surface area contributed by atoms with E-state index in [9.17, 15) is 4.79 Å². The quantitative estimate of drug-likeness (QED) is 0.728. The zero-order valence-corrected chi connectivity index (χ0v) is 16.1. The molecule has 2 aromatic carbocycles. The SMILES string of the molecule is C=CCN(C(=O)CN1CCCN(c2ccc(C#N)cc2)CC1)c1ccccc1. The lowest BCUT2D eigenvalue weighted by molar-refractivity contribution is -0.119. The van der Waals surface area contributed by atoms with Gasteiger partial charge in [-0.2, -0.15) is 5.26 Å². The molecule has 0 bridgehead atoms. The summed E-state index contributed by atoms with van der Waals surface area (Å²) in [4.78, 5) is 19.3. The molecule has 0 N–H and O–H groups in total. The molecule has 144 valence electrons. The van der Waals surface area contributed by atoms with Crippen molar-refractivity contribution in [1.29, 1.82) is 5.26 Å². The monoisotopic (exact) mass is 374 g/mol. The summed E-state index contributed by atoms with van der Waals surface area (Å²) in [6, 6.07) is 19.6. The van der Waals surface area contributed by atoms with Gasteiger partial charge in [-0.25, -0.2) is 0 Å². The molecular weight excluding hydrogens is 348 g/mol. The zero-order valence-electron chi connectivity index (χ0n) is 16.1. The van der Waals surface area contributed by atoms with Crippen molar-refractivity contribution in [1.82, 2.24) is 4.90 Å². The van der Waals surface area contributed by atoms with E-state index < -0.39 is 0 Å². The molecule has 0 spiro atoms. The van der Waals surface area contributed by atoms with Gasteiger partial charge < -0.3 is 9.80 Å². The average Bonchev–Trinajstić information content (AvgIpc) is 2.98. The van der Waals surface area contributed by atoms with E-state index >= 15 is 0 Å². The molecule has 0 atom stereocenters. The van der Waals surface area contributed by atoms with Crippen LogP contribution in [-0.4, -0.2) is 50.1 Å². The molecule has 0 radical (unpaired) electrons. The second kappa shape index (κ2) is 9.72. The molecule has 1 amide bonds. The molecular formula is C23H26N4O. The van der Waals surface area contributed by atoms with Crippen molar-refractivity contribution in [3.05, 3.63) is 72.8 Å². The molecule has 1 aliphatic heterocycles. The fraction of sp³-hybridized carbons (Fsp3) is 0.304. The highest BCUT2D eigenvalue weighted by Crippen LogP contribution is 2.18. The Hall–Kier alpha value is -3.10. The number of nitriles is 1. The van der Waals surface area contributed by atoms with Gasteiger partial charge in [-0.1, -0.05) is 24.3 Å². The van der Waals surface area contributed by atoms with E-state index in [0.717, 1.165) is 44.0 Å². The summed E-state index contributed by atoms with van der Waals surface area (Å²) >= 11 is 0. The van der Waals surface area contributed by atoms with Gasteiger partial charge >= 0.3 is 0 Å². The minimum Gasteiger partial charge on any atom is -0.370 e. The largest absolute Gasteiger partial charge is 0.370 e. The summed E-state index contributed by atoms with van der Waals surface area (Å²) in [5.41, 5.74) is 2.71. The van der Waals surface area contributed by atoms with E-state index in [0.29, 0.717) is 18.7 Å². The molecule has 0 aromatic heterocycles. The number of carbonyl (C=O) groups excluding carboxylic acids is 1. The molecule has 28 heavy (non-hydrogen) atoms. The first-order chi connectivity index (χ1) is 13.7. The van der Waals surface area contributed by atoms with Crippen LogP contribution < -0.4 is 9.80 Å². The lowest BCUT2D eigenvalue weighted by Crippen LogP contribution is -2.42. The van der Waals surface area contributed by atoms with Crippen LogP contribution in [0.2, 0.25) is 0 Å². The molecule has 1 fully saturated rings. The van der Waals surface area contributed by atoms with E-state index in [1.165, 1.54) is 0 Å². The molecule has 1 aliphatic rings. The molecule has 0 unspecified atom stereocenters. The predicted octanol–water partition coefficient (Wildman–Crippen LogP) is 3.29. The zero-order chi connectivity index (χ0) is 19.8. The molecule has 1 saturated heterocycles. The van der Waals surface area contributed by atoms with E-state index in [-0.39, 0.29) is 5.91 Å². The molecule has 2 aromatic rings. The Kier molecular flexibility index (Phi) is 6.83. The first-order valence-electron chi connectivity index (χ1n) is 9.65. The van der Waals surface area contributed by atoms with E-state index in [2.05, 4.69) is 22.4 Å². The molecule has 3 rings (SSSR count). The number of para-hydroxylation sites is 1. The maximum atomic E-state index is 12.9. The Labute approximate surface area is 167 Å². The van der Waals surface area contributed by atoms with Gasteiger partial charge in [-0.15, -0.1) is 6.58 Å². The van der Waals surface area contributed by atoms with Crippen LogP contribution in [0, 0.1) is 11.3 Å². The normalized spacial score (nSPS) is 14.8. The second-order valence-electron chi connectivity index (χ2n) is 6.90. The lowest BCUT2D eigenvalue weighted by atomic mass is 10.2. The number of benzene rings is 2. The third-order valence-corrected chi connectivity index (χ3v) is 4.99. The third kappa shape index (κ3) is 4.99.